The van der Waals surface area contributed by atoms with E-state index in [9.17, 15) is 4.79 Å². The Morgan fingerprint density at radius 2 is 2.21 bits per heavy atom. The minimum Gasteiger partial charge on any atom is -0.461 e. The number of aromatic nitrogens is 2. The van der Waals surface area contributed by atoms with Crippen molar-refractivity contribution < 1.29 is 9.53 Å². The highest BCUT2D eigenvalue weighted by Gasteiger charge is 2.21. The largest absolute Gasteiger partial charge is 0.461 e. The van der Waals surface area contributed by atoms with Gasteiger partial charge in [0.05, 0.1) is 19.1 Å². The molecule has 0 N–H and O–H groups in total. The van der Waals surface area contributed by atoms with E-state index in [1.165, 1.54) is 6.20 Å². The smallest absolute Gasteiger partial charge is 0.356 e. The molecule has 1 heterocycles. The Labute approximate surface area is 83.9 Å². The molecule has 78 valence electrons. The van der Waals surface area contributed by atoms with Gasteiger partial charge in [-0.25, -0.2) is 9.78 Å². The third kappa shape index (κ3) is 2.13. The minimum atomic E-state index is -0.320. The third-order valence-electron chi connectivity index (χ3n) is 1.85. The standard InChI is InChI=1S/C10H16N2O2/c1-5-14-9(13)8-6-11-7-12(8)10(2,3)4/h6-7H,5H2,1-4H3. The number of carbonyl (C=O) groups excluding carboxylic acids is 1. The lowest BCUT2D eigenvalue weighted by Gasteiger charge is -2.22. The van der Waals surface area contributed by atoms with Crippen LogP contribution in [0.4, 0.5) is 0 Å². The molecule has 1 aromatic rings. The van der Waals surface area contributed by atoms with Crippen LogP contribution in [0.25, 0.3) is 0 Å². The second kappa shape index (κ2) is 3.82. The predicted molar refractivity (Wildman–Crippen MR) is 53.2 cm³/mol. The molecule has 0 aliphatic rings. The molecule has 0 spiro atoms. The molecule has 0 bridgehead atoms. The summed E-state index contributed by atoms with van der Waals surface area (Å²) >= 11 is 0. The zero-order chi connectivity index (χ0) is 10.8. The van der Waals surface area contributed by atoms with Crippen molar-refractivity contribution in [1.82, 2.24) is 9.55 Å². The Hall–Kier alpha value is -1.32. The number of ether oxygens (including phenoxy) is 1. The summed E-state index contributed by atoms with van der Waals surface area (Å²) in [6.07, 6.45) is 3.18. The monoisotopic (exact) mass is 196 g/mol. The quantitative estimate of drug-likeness (QED) is 0.677. The van der Waals surface area contributed by atoms with E-state index in [0.29, 0.717) is 12.3 Å². The highest BCUT2D eigenvalue weighted by Crippen LogP contribution is 2.16. The molecule has 0 fully saturated rings. The first kappa shape index (κ1) is 10.8. The molecule has 1 rings (SSSR count). The van der Waals surface area contributed by atoms with Crippen molar-refractivity contribution >= 4 is 5.97 Å². The van der Waals surface area contributed by atoms with Crippen LogP contribution in [-0.2, 0) is 10.3 Å². The van der Waals surface area contributed by atoms with Gasteiger partial charge in [0.1, 0.15) is 5.69 Å². The summed E-state index contributed by atoms with van der Waals surface area (Å²) < 4.78 is 6.73. The average Bonchev–Trinajstić information content (AvgIpc) is 2.50. The van der Waals surface area contributed by atoms with Gasteiger partial charge in [-0.05, 0) is 27.7 Å². The molecule has 0 atom stereocenters. The molecule has 0 radical (unpaired) electrons. The lowest BCUT2D eigenvalue weighted by molar-refractivity contribution is 0.0507. The van der Waals surface area contributed by atoms with E-state index < -0.39 is 0 Å². The first-order valence-electron chi connectivity index (χ1n) is 4.66. The van der Waals surface area contributed by atoms with Gasteiger partial charge in [-0.2, -0.15) is 0 Å². The summed E-state index contributed by atoms with van der Waals surface area (Å²) in [6.45, 7) is 8.20. The molecule has 1 aromatic heterocycles. The average molecular weight is 196 g/mol. The van der Waals surface area contributed by atoms with Gasteiger partial charge in [-0.15, -0.1) is 0 Å². The maximum absolute atomic E-state index is 11.5. The Kier molecular flexibility index (Phi) is 2.93. The topological polar surface area (TPSA) is 44.1 Å². The maximum atomic E-state index is 11.5. The highest BCUT2D eigenvalue weighted by atomic mass is 16.5. The number of hydrogen-bond donors (Lipinski definition) is 0. The number of hydrogen-bond acceptors (Lipinski definition) is 3. The number of esters is 1. The first-order chi connectivity index (χ1) is 6.46. The number of rotatable bonds is 2. The summed E-state index contributed by atoms with van der Waals surface area (Å²) in [5, 5.41) is 0. The van der Waals surface area contributed by atoms with Crippen molar-refractivity contribution in [2.75, 3.05) is 6.61 Å². The van der Waals surface area contributed by atoms with Gasteiger partial charge >= 0.3 is 5.97 Å². The van der Waals surface area contributed by atoms with E-state index in [2.05, 4.69) is 4.98 Å². The SMILES string of the molecule is CCOC(=O)c1cncn1C(C)(C)C. The molecule has 0 saturated carbocycles. The number of carbonyl (C=O) groups is 1. The zero-order valence-corrected chi connectivity index (χ0v) is 9.07. The van der Waals surface area contributed by atoms with Gasteiger partial charge in [0, 0.05) is 5.54 Å². The van der Waals surface area contributed by atoms with Crippen LogP contribution in [0.3, 0.4) is 0 Å². The Morgan fingerprint density at radius 1 is 1.57 bits per heavy atom. The van der Waals surface area contributed by atoms with E-state index in [1.54, 1.807) is 13.3 Å². The van der Waals surface area contributed by atoms with E-state index >= 15 is 0 Å². The van der Waals surface area contributed by atoms with Crippen molar-refractivity contribution in [3.63, 3.8) is 0 Å². The molecule has 0 aliphatic heterocycles. The van der Waals surface area contributed by atoms with Crippen molar-refractivity contribution in [3.8, 4) is 0 Å². The predicted octanol–water partition coefficient (Wildman–Crippen LogP) is 1.81. The molecule has 0 aliphatic carbocycles. The van der Waals surface area contributed by atoms with Crippen LogP contribution in [0.5, 0.6) is 0 Å². The second-order valence-corrected chi connectivity index (χ2v) is 4.04. The van der Waals surface area contributed by atoms with Crippen molar-refractivity contribution in [2.24, 2.45) is 0 Å². The molecular formula is C10H16N2O2. The lowest BCUT2D eigenvalue weighted by Crippen LogP contribution is -2.25. The van der Waals surface area contributed by atoms with Crippen molar-refractivity contribution in [2.45, 2.75) is 33.2 Å². The maximum Gasteiger partial charge on any atom is 0.356 e. The molecule has 4 nitrogen and oxygen atoms in total. The summed E-state index contributed by atoms with van der Waals surface area (Å²) in [4.78, 5) is 15.4. The van der Waals surface area contributed by atoms with E-state index in [4.69, 9.17) is 4.74 Å². The molecule has 0 unspecified atom stereocenters. The van der Waals surface area contributed by atoms with E-state index in [0.717, 1.165) is 0 Å². The second-order valence-electron chi connectivity index (χ2n) is 4.04. The van der Waals surface area contributed by atoms with Gasteiger partial charge in [-0.3, -0.25) is 0 Å². The Morgan fingerprint density at radius 3 is 2.71 bits per heavy atom. The van der Waals surface area contributed by atoms with Crippen LogP contribution in [0.15, 0.2) is 12.5 Å². The fourth-order valence-electron chi connectivity index (χ4n) is 1.19. The molecule has 0 amide bonds. The normalized spacial score (nSPS) is 11.4. The van der Waals surface area contributed by atoms with Gasteiger partial charge in [0.2, 0.25) is 0 Å². The van der Waals surface area contributed by atoms with Crippen LogP contribution < -0.4 is 0 Å². The fourth-order valence-corrected chi connectivity index (χ4v) is 1.19. The van der Waals surface area contributed by atoms with Gasteiger partial charge in [0.25, 0.3) is 0 Å². The number of imidazole rings is 1. The Bertz CT molecular complexity index is 323. The molecule has 4 heteroatoms. The molecular weight excluding hydrogens is 180 g/mol. The van der Waals surface area contributed by atoms with Gasteiger partial charge < -0.3 is 9.30 Å². The summed E-state index contributed by atoms with van der Waals surface area (Å²) in [5.41, 5.74) is 0.345. The third-order valence-corrected chi connectivity index (χ3v) is 1.85. The summed E-state index contributed by atoms with van der Waals surface area (Å²) in [5.74, 6) is -0.320. The van der Waals surface area contributed by atoms with Crippen LogP contribution >= 0.6 is 0 Å². The van der Waals surface area contributed by atoms with Crippen LogP contribution in [0.1, 0.15) is 38.2 Å². The fraction of sp³-hybridized carbons (Fsp3) is 0.600. The van der Waals surface area contributed by atoms with Crippen molar-refractivity contribution in [3.05, 3.63) is 18.2 Å². The van der Waals surface area contributed by atoms with E-state index in [1.807, 2.05) is 25.3 Å². The van der Waals surface area contributed by atoms with Crippen LogP contribution in [-0.4, -0.2) is 22.1 Å². The van der Waals surface area contributed by atoms with Crippen molar-refractivity contribution in [1.29, 1.82) is 0 Å². The highest BCUT2D eigenvalue weighted by molar-refractivity contribution is 5.87. The molecule has 14 heavy (non-hydrogen) atoms. The van der Waals surface area contributed by atoms with Crippen LogP contribution in [0.2, 0.25) is 0 Å². The summed E-state index contributed by atoms with van der Waals surface area (Å²) in [6, 6.07) is 0. The zero-order valence-electron chi connectivity index (χ0n) is 9.07. The van der Waals surface area contributed by atoms with Gasteiger partial charge in [-0.1, -0.05) is 0 Å². The molecule has 0 saturated heterocycles. The van der Waals surface area contributed by atoms with Crippen LogP contribution in [0, 0.1) is 0 Å². The number of nitrogens with zero attached hydrogens (tertiary/aromatic N) is 2. The first-order valence-corrected chi connectivity index (χ1v) is 4.66. The van der Waals surface area contributed by atoms with Gasteiger partial charge in [0.15, 0.2) is 0 Å². The molecule has 0 aromatic carbocycles. The Balaban J connectivity index is 2.99. The lowest BCUT2D eigenvalue weighted by atomic mass is 10.1. The minimum absolute atomic E-state index is 0.154. The summed E-state index contributed by atoms with van der Waals surface area (Å²) in [7, 11) is 0. The van der Waals surface area contributed by atoms with E-state index in [-0.39, 0.29) is 11.5 Å².